The summed E-state index contributed by atoms with van der Waals surface area (Å²) < 4.78 is 31.8. The molecule has 0 bridgehead atoms. The van der Waals surface area contributed by atoms with Crippen molar-refractivity contribution in [3.63, 3.8) is 0 Å². The molecule has 1 aromatic carbocycles. The van der Waals surface area contributed by atoms with Crippen molar-refractivity contribution in [2.75, 3.05) is 5.32 Å². The van der Waals surface area contributed by atoms with Gasteiger partial charge in [0.05, 0.1) is 11.2 Å². The van der Waals surface area contributed by atoms with Crippen molar-refractivity contribution in [3.8, 4) is 0 Å². The fourth-order valence-corrected chi connectivity index (χ4v) is 3.06. The Hall–Kier alpha value is -2.12. The van der Waals surface area contributed by atoms with Gasteiger partial charge in [0.15, 0.2) is 5.76 Å². The highest BCUT2D eigenvalue weighted by Gasteiger charge is 2.16. The molecule has 0 radical (unpaired) electrons. The van der Waals surface area contributed by atoms with Crippen molar-refractivity contribution >= 4 is 21.6 Å². The Labute approximate surface area is 129 Å². The average Bonchev–Trinajstić information content (AvgIpc) is 3.01. The Balaban J connectivity index is 2.09. The third-order valence-corrected chi connectivity index (χ3v) is 4.74. The lowest BCUT2D eigenvalue weighted by Gasteiger charge is -2.12. The van der Waals surface area contributed by atoms with Gasteiger partial charge in [-0.1, -0.05) is 6.92 Å². The van der Waals surface area contributed by atoms with Gasteiger partial charge < -0.3 is 9.73 Å². The van der Waals surface area contributed by atoms with Gasteiger partial charge in [-0.25, -0.2) is 13.1 Å². The summed E-state index contributed by atoms with van der Waals surface area (Å²) in [6.07, 6.45) is 2.11. The summed E-state index contributed by atoms with van der Waals surface area (Å²) >= 11 is 0. The Morgan fingerprint density at radius 3 is 2.45 bits per heavy atom. The minimum absolute atomic E-state index is 0.136. The molecular weight excluding hydrogens is 304 g/mol. The SMILES string of the molecule is CC[C@H](C)NS(=O)(=O)c1ccc(NC(=O)c2ccco2)cc1. The predicted molar refractivity (Wildman–Crippen MR) is 83.2 cm³/mol. The van der Waals surface area contributed by atoms with E-state index in [1.165, 1.54) is 30.5 Å². The van der Waals surface area contributed by atoms with Crippen LogP contribution in [-0.2, 0) is 10.0 Å². The second-order valence-electron chi connectivity index (χ2n) is 4.89. The summed E-state index contributed by atoms with van der Waals surface area (Å²) in [4.78, 5) is 12.0. The second kappa shape index (κ2) is 6.76. The molecule has 118 valence electrons. The summed E-state index contributed by atoms with van der Waals surface area (Å²) in [6, 6.07) is 8.99. The lowest BCUT2D eigenvalue weighted by atomic mass is 10.3. The summed E-state index contributed by atoms with van der Waals surface area (Å²) in [6.45, 7) is 3.70. The van der Waals surface area contributed by atoms with Crippen LogP contribution in [0.4, 0.5) is 5.69 Å². The molecule has 2 rings (SSSR count). The maximum Gasteiger partial charge on any atom is 0.291 e. The van der Waals surface area contributed by atoms with Crippen molar-refractivity contribution in [2.24, 2.45) is 0 Å². The number of carbonyl (C=O) groups excluding carboxylic acids is 1. The van der Waals surface area contributed by atoms with E-state index in [9.17, 15) is 13.2 Å². The van der Waals surface area contributed by atoms with Crippen molar-refractivity contribution in [2.45, 2.75) is 31.2 Å². The highest BCUT2D eigenvalue weighted by atomic mass is 32.2. The highest BCUT2D eigenvalue weighted by Crippen LogP contribution is 2.15. The zero-order valence-electron chi connectivity index (χ0n) is 12.4. The minimum atomic E-state index is -3.54. The first-order valence-corrected chi connectivity index (χ1v) is 8.38. The van der Waals surface area contributed by atoms with E-state index in [-0.39, 0.29) is 16.7 Å². The van der Waals surface area contributed by atoms with E-state index in [4.69, 9.17) is 4.42 Å². The normalized spacial score (nSPS) is 12.8. The molecule has 0 unspecified atom stereocenters. The van der Waals surface area contributed by atoms with Crippen LogP contribution in [0.2, 0.25) is 0 Å². The van der Waals surface area contributed by atoms with Crippen LogP contribution in [-0.4, -0.2) is 20.4 Å². The lowest BCUT2D eigenvalue weighted by molar-refractivity contribution is 0.0996. The van der Waals surface area contributed by atoms with Crippen LogP contribution < -0.4 is 10.0 Å². The second-order valence-corrected chi connectivity index (χ2v) is 6.60. The van der Waals surface area contributed by atoms with E-state index in [2.05, 4.69) is 10.0 Å². The van der Waals surface area contributed by atoms with Gasteiger partial charge in [-0.3, -0.25) is 4.79 Å². The zero-order valence-corrected chi connectivity index (χ0v) is 13.2. The van der Waals surface area contributed by atoms with Crippen molar-refractivity contribution in [1.82, 2.24) is 4.72 Å². The van der Waals surface area contributed by atoms with E-state index in [1.807, 2.05) is 6.92 Å². The minimum Gasteiger partial charge on any atom is -0.459 e. The molecule has 0 aliphatic carbocycles. The Morgan fingerprint density at radius 1 is 1.23 bits per heavy atom. The molecule has 0 saturated carbocycles. The van der Waals surface area contributed by atoms with Crippen LogP contribution in [0.15, 0.2) is 52.0 Å². The number of sulfonamides is 1. The molecule has 0 saturated heterocycles. The van der Waals surface area contributed by atoms with E-state index in [1.54, 1.807) is 19.1 Å². The fourth-order valence-electron chi connectivity index (χ4n) is 1.73. The molecule has 7 heteroatoms. The summed E-state index contributed by atoms with van der Waals surface area (Å²) in [7, 11) is -3.54. The molecule has 0 fully saturated rings. The van der Waals surface area contributed by atoms with Crippen molar-refractivity contribution in [1.29, 1.82) is 0 Å². The molecule has 1 atom stereocenters. The largest absolute Gasteiger partial charge is 0.459 e. The highest BCUT2D eigenvalue weighted by molar-refractivity contribution is 7.89. The van der Waals surface area contributed by atoms with Gasteiger partial charge in [0, 0.05) is 11.7 Å². The summed E-state index contributed by atoms with van der Waals surface area (Å²) in [5.74, 6) is -0.200. The Morgan fingerprint density at radius 2 is 1.91 bits per heavy atom. The maximum atomic E-state index is 12.1. The fraction of sp³-hybridized carbons (Fsp3) is 0.267. The Bertz CT molecular complexity index is 721. The van der Waals surface area contributed by atoms with E-state index in [0.29, 0.717) is 12.1 Å². The van der Waals surface area contributed by atoms with E-state index < -0.39 is 15.9 Å². The number of amides is 1. The van der Waals surface area contributed by atoms with E-state index >= 15 is 0 Å². The van der Waals surface area contributed by atoms with Crippen LogP contribution in [0.1, 0.15) is 30.8 Å². The first kappa shape index (κ1) is 16.3. The zero-order chi connectivity index (χ0) is 16.2. The van der Waals surface area contributed by atoms with Crippen LogP contribution >= 0.6 is 0 Å². The molecular formula is C15H18N2O4S. The summed E-state index contributed by atoms with van der Waals surface area (Å²) in [5, 5.41) is 2.63. The molecule has 2 N–H and O–H groups in total. The third kappa shape index (κ3) is 3.96. The molecule has 0 aliphatic heterocycles. The molecule has 1 heterocycles. The number of anilines is 1. The van der Waals surface area contributed by atoms with E-state index in [0.717, 1.165) is 0 Å². The van der Waals surface area contributed by atoms with Gasteiger partial charge in [0.1, 0.15) is 0 Å². The first-order chi connectivity index (χ1) is 10.4. The molecule has 2 aromatic rings. The monoisotopic (exact) mass is 322 g/mol. The van der Waals surface area contributed by atoms with Crippen LogP contribution in [0.3, 0.4) is 0 Å². The number of nitrogens with one attached hydrogen (secondary N) is 2. The van der Waals surface area contributed by atoms with Crippen LogP contribution in [0, 0.1) is 0 Å². The molecule has 1 aromatic heterocycles. The quantitative estimate of drug-likeness (QED) is 0.855. The predicted octanol–water partition coefficient (Wildman–Crippen LogP) is 2.61. The number of hydrogen-bond donors (Lipinski definition) is 2. The van der Waals surface area contributed by atoms with Gasteiger partial charge in [-0.15, -0.1) is 0 Å². The first-order valence-electron chi connectivity index (χ1n) is 6.89. The van der Waals surface area contributed by atoms with Crippen LogP contribution in [0.25, 0.3) is 0 Å². The van der Waals surface area contributed by atoms with Crippen molar-refractivity contribution in [3.05, 3.63) is 48.4 Å². The average molecular weight is 322 g/mol. The summed E-state index contributed by atoms with van der Waals surface area (Å²) in [5.41, 5.74) is 0.490. The number of benzene rings is 1. The number of rotatable bonds is 6. The molecule has 6 nitrogen and oxygen atoms in total. The van der Waals surface area contributed by atoms with Gasteiger partial charge in [-0.05, 0) is 49.7 Å². The Kier molecular flexibility index (Phi) is 4.99. The van der Waals surface area contributed by atoms with Crippen LogP contribution in [0.5, 0.6) is 0 Å². The molecule has 22 heavy (non-hydrogen) atoms. The lowest BCUT2D eigenvalue weighted by Crippen LogP contribution is -2.31. The number of carbonyl (C=O) groups is 1. The molecule has 1 amide bonds. The topological polar surface area (TPSA) is 88.4 Å². The number of furan rings is 1. The standard InChI is InChI=1S/C15H18N2O4S/c1-3-11(2)17-22(19,20)13-8-6-12(7-9-13)16-15(18)14-5-4-10-21-14/h4-11,17H,3H2,1-2H3,(H,16,18)/t11-/m0/s1. The van der Waals surface area contributed by atoms with Gasteiger partial charge in [-0.2, -0.15) is 0 Å². The van der Waals surface area contributed by atoms with Crippen molar-refractivity contribution < 1.29 is 17.6 Å². The molecule has 0 aliphatic rings. The van der Waals surface area contributed by atoms with Gasteiger partial charge in [0.25, 0.3) is 5.91 Å². The third-order valence-electron chi connectivity index (χ3n) is 3.14. The molecule has 0 spiro atoms. The van der Waals surface area contributed by atoms with Gasteiger partial charge >= 0.3 is 0 Å². The number of hydrogen-bond acceptors (Lipinski definition) is 4. The van der Waals surface area contributed by atoms with Gasteiger partial charge in [0.2, 0.25) is 10.0 Å². The maximum absolute atomic E-state index is 12.1. The smallest absolute Gasteiger partial charge is 0.291 e.